The van der Waals surface area contributed by atoms with Crippen molar-refractivity contribution in [1.82, 2.24) is 19.7 Å². The van der Waals surface area contributed by atoms with Gasteiger partial charge in [-0.25, -0.2) is 14.2 Å². The Morgan fingerprint density at radius 1 is 1.41 bits per heavy atom. The number of hydrogen-bond donors (Lipinski definition) is 2. The molecular weight excluding hydrogens is 437 g/mol. The third-order valence-electron chi connectivity index (χ3n) is 6.73. The van der Waals surface area contributed by atoms with E-state index < -0.39 is 17.0 Å². The Balaban J connectivity index is 1.88. The van der Waals surface area contributed by atoms with Crippen LogP contribution in [0.2, 0.25) is 0 Å². The number of aromatic nitrogens is 4. The number of ether oxygens (including phenoxy) is 1. The minimum atomic E-state index is -1.32. The molecule has 0 unspecified atom stereocenters. The number of hydrogen-bond acceptors (Lipinski definition) is 5. The number of benzene rings is 1. The molecule has 174 valence electrons. The van der Waals surface area contributed by atoms with Crippen LogP contribution in [0.3, 0.4) is 0 Å². The summed E-state index contributed by atoms with van der Waals surface area (Å²) in [5.74, 6) is -1.62. The van der Waals surface area contributed by atoms with E-state index in [9.17, 15) is 19.6 Å². The van der Waals surface area contributed by atoms with Crippen LogP contribution in [-0.4, -0.2) is 43.0 Å². The zero-order valence-electron chi connectivity index (χ0n) is 19.1. The van der Waals surface area contributed by atoms with Gasteiger partial charge in [-0.3, -0.25) is 5.10 Å². The summed E-state index contributed by atoms with van der Waals surface area (Å²) in [7, 11) is 0. The molecule has 1 aromatic carbocycles. The van der Waals surface area contributed by atoms with Gasteiger partial charge in [0.1, 0.15) is 5.82 Å². The van der Waals surface area contributed by atoms with Gasteiger partial charge in [-0.2, -0.15) is 10.4 Å². The number of aliphatic carboxylic acids is 1. The molecule has 1 aliphatic rings. The predicted molar refractivity (Wildman–Crippen MR) is 123 cm³/mol. The Morgan fingerprint density at radius 3 is 2.79 bits per heavy atom. The molecule has 4 aromatic rings. The number of nitriles is 1. The van der Waals surface area contributed by atoms with Gasteiger partial charge in [0, 0.05) is 40.1 Å². The highest BCUT2D eigenvalue weighted by Gasteiger charge is 2.46. The molecule has 5 rings (SSSR count). The second-order valence-corrected chi connectivity index (χ2v) is 9.70. The molecule has 0 saturated carbocycles. The molecule has 34 heavy (non-hydrogen) atoms. The summed E-state index contributed by atoms with van der Waals surface area (Å²) >= 11 is 0. The lowest BCUT2D eigenvalue weighted by Crippen LogP contribution is -2.34. The highest BCUT2D eigenvalue weighted by atomic mass is 19.1. The monoisotopic (exact) mass is 461 g/mol. The van der Waals surface area contributed by atoms with E-state index in [1.807, 2.05) is 24.5 Å². The molecule has 0 radical (unpaired) electrons. The van der Waals surface area contributed by atoms with Gasteiger partial charge in [0.2, 0.25) is 0 Å². The minimum Gasteiger partial charge on any atom is -0.479 e. The maximum Gasteiger partial charge on any atom is 0.335 e. The summed E-state index contributed by atoms with van der Waals surface area (Å²) in [4.78, 5) is 16.8. The van der Waals surface area contributed by atoms with Crippen LogP contribution in [0.1, 0.15) is 50.8 Å². The number of halogens is 1. The highest BCUT2D eigenvalue weighted by Crippen LogP contribution is 2.47. The molecule has 0 aliphatic carbocycles. The van der Waals surface area contributed by atoms with Gasteiger partial charge in [-0.15, -0.1) is 0 Å². The second kappa shape index (κ2) is 7.64. The largest absolute Gasteiger partial charge is 0.479 e. The van der Waals surface area contributed by atoms with Crippen LogP contribution in [-0.2, 0) is 14.9 Å². The maximum absolute atomic E-state index is 13.8. The molecule has 3 aromatic heterocycles. The Morgan fingerprint density at radius 2 is 2.15 bits per heavy atom. The average Bonchev–Trinajstić information content (AvgIpc) is 3.48. The van der Waals surface area contributed by atoms with E-state index in [4.69, 9.17) is 9.72 Å². The Labute approximate surface area is 195 Å². The molecule has 4 heterocycles. The number of nitrogens with zero attached hydrogens (tertiary/aromatic N) is 4. The third-order valence-corrected chi connectivity index (χ3v) is 6.73. The summed E-state index contributed by atoms with van der Waals surface area (Å²) in [6.07, 6.45) is 2.17. The molecular formula is C25H24FN5O3. The lowest BCUT2D eigenvalue weighted by Gasteiger charge is -2.28. The van der Waals surface area contributed by atoms with Crippen LogP contribution in [0.4, 0.5) is 4.39 Å². The molecule has 0 spiro atoms. The van der Waals surface area contributed by atoms with Crippen molar-refractivity contribution in [3.05, 3.63) is 53.6 Å². The first-order chi connectivity index (χ1) is 16.1. The van der Waals surface area contributed by atoms with Gasteiger partial charge < -0.3 is 14.4 Å². The SMILES string of the molecule is CC(C)(CC#N)c1c([C@@H]2CO[C@@](C)(C(=O)O)C2)c2nc3[nH]ncc3cc2n1-c1ccc(F)cc1. The van der Waals surface area contributed by atoms with Crippen LogP contribution in [0.25, 0.3) is 27.8 Å². The molecule has 9 heteroatoms. The Bertz CT molecular complexity index is 1460. The number of H-pyrrole nitrogens is 1. The van der Waals surface area contributed by atoms with E-state index in [2.05, 4.69) is 16.3 Å². The van der Waals surface area contributed by atoms with Crippen LogP contribution >= 0.6 is 0 Å². The smallest absolute Gasteiger partial charge is 0.335 e. The van der Waals surface area contributed by atoms with Crippen molar-refractivity contribution in [1.29, 1.82) is 5.26 Å². The zero-order chi connectivity index (χ0) is 24.3. The van der Waals surface area contributed by atoms with Gasteiger partial charge in [-0.05, 0) is 43.7 Å². The van der Waals surface area contributed by atoms with E-state index in [0.717, 1.165) is 27.8 Å². The van der Waals surface area contributed by atoms with Crippen LogP contribution in [0, 0.1) is 17.1 Å². The molecule has 0 bridgehead atoms. The van der Waals surface area contributed by atoms with Gasteiger partial charge in [0.05, 0.1) is 29.9 Å². The summed E-state index contributed by atoms with van der Waals surface area (Å²) in [6.45, 7) is 5.75. The van der Waals surface area contributed by atoms with E-state index in [0.29, 0.717) is 11.2 Å². The Hall–Kier alpha value is -3.77. The van der Waals surface area contributed by atoms with Gasteiger partial charge in [0.25, 0.3) is 0 Å². The van der Waals surface area contributed by atoms with Gasteiger partial charge in [0.15, 0.2) is 11.2 Å². The maximum atomic E-state index is 13.8. The van der Waals surface area contributed by atoms with Gasteiger partial charge >= 0.3 is 5.97 Å². The molecule has 0 amide bonds. The number of pyridine rings is 1. The van der Waals surface area contributed by atoms with Crippen molar-refractivity contribution in [3.8, 4) is 11.8 Å². The standard InChI is InChI=1S/C25H24FN5O3/c1-24(2,8-9-27)21-19(15-11-25(3,23(32)33)34-13-15)20-18(10-14-12-28-30-22(14)29-20)31(21)17-6-4-16(26)5-7-17/h4-7,10,12,15H,8,11,13H2,1-3H3,(H,32,33)(H,28,29,30)/t15-,25+/m0/s1. The summed E-state index contributed by atoms with van der Waals surface area (Å²) in [5, 5.41) is 27.2. The summed E-state index contributed by atoms with van der Waals surface area (Å²) < 4.78 is 21.6. The first-order valence-corrected chi connectivity index (χ1v) is 11.0. The number of rotatable bonds is 5. The molecule has 8 nitrogen and oxygen atoms in total. The van der Waals surface area contributed by atoms with E-state index in [-0.39, 0.29) is 31.2 Å². The van der Waals surface area contributed by atoms with Gasteiger partial charge in [-0.1, -0.05) is 13.8 Å². The number of carboxylic acid groups (broad SMARTS) is 1. The zero-order valence-corrected chi connectivity index (χ0v) is 19.1. The van der Waals surface area contributed by atoms with Crippen molar-refractivity contribution in [3.63, 3.8) is 0 Å². The van der Waals surface area contributed by atoms with Crippen LogP contribution in [0.5, 0.6) is 0 Å². The fourth-order valence-corrected chi connectivity index (χ4v) is 4.99. The summed E-state index contributed by atoms with van der Waals surface area (Å²) in [5.41, 5.74) is 2.55. The lowest BCUT2D eigenvalue weighted by atomic mass is 9.79. The molecule has 2 N–H and O–H groups in total. The van der Waals surface area contributed by atoms with Crippen molar-refractivity contribution < 1.29 is 19.0 Å². The average molecular weight is 461 g/mol. The normalized spacial score (nSPS) is 20.7. The minimum absolute atomic E-state index is 0.212. The van der Waals surface area contributed by atoms with E-state index in [1.165, 1.54) is 12.1 Å². The fourth-order valence-electron chi connectivity index (χ4n) is 4.99. The number of fused-ring (bicyclic) bond motifs is 2. The lowest BCUT2D eigenvalue weighted by molar-refractivity contribution is -0.157. The first-order valence-electron chi connectivity index (χ1n) is 11.0. The van der Waals surface area contributed by atoms with Crippen LogP contribution in [0.15, 0.2) is 36.5 Å². The highest BCUT2D eigenvalue weighted by molar-refractivity contribution is 5.94. The van der Waals surface area contributed by atoms with Crippen molar-refractivity contribution >= 4 is 28.0 Å². The van der Waals surface area contributed by atoms with Crippen LogP contribution < -0.4 is 0 Å². The topological polar surface area (TPSA) is 117 Å². The number of carbonyl (C=O) groups is 1. The van der Waals surface area contributed by atoms with Crippen molar-refractivity contribution in [2.75, 3.05) is 6.61 Å². The molecule has 2 atom stereocenters. The quantitative estimate of drug-likeness (QED) is 0.449. The molecule has 1 saturated heterocycles. The Kier molecular flexibility index (Phi) is 4.95. The third kappa shape index (κ3) is 3.33. The fraction of sp³-hybridized carbons (Fsp3) is 0.360. The summed E-state index contributed by atoms with van der Waals surface area (Å²) in [6, 6.07) is 10.4. The second-order valence-electron chi connectivity index (χ2n) is 9.70. The molecule has 1 fully saturated rings. The van der Waals surface area contributed by atoms with E-state index in [1.54, 1.807) is 25.3 Å². The van der Waals surface area contributed by atoms with Crippen molar-refractivity contribution in [2.24, 2.45) is 0 Å². The van der Waals surface area contributed by atoms with Crippen molar-refractivity contribution in [2.45, 2.75) is 50.5 Å². The molecule has 1 aliphatic heterocycles. The predicted octanol–water partition coefficient (Wildman–Crippen LogP) is 4.58. The first kappa shape index (κ1) is 22.0. The van der Waals surface area contributed by atoms with E-state index >= 15 is 0 Å². The number of aromatic amines is 1. The number of carboxylic acids is 1. The number of nitrogens with one attached hydrogen (secondary N) is 1.